The monoisotopic (exact) mass is 291 g/mol. The van der Waals surface area contributed by atoms with Crippen LogP contribution < -0.4 is 0 Å². The Bertz CT molecular complexity index is 641. The minimum atomic E-state index is -0.410. The molecule has 2 heterocycles. The van der Waals surface area contributed by atoms with Crippen LogP contribution in [0, 0.1) is 5.82 Å². The Balaban J connectivity index is 1.90. The molecule has 4 nitrogen and oxygen atoms in total. The molecule has 0 aliphatic carbocycles. The number of halogens is 1. The van der Waals surface area contributed by atoms with Gasteiger partial charge in [0.1, 0.15) is 17.9 Å². The van der Waals surface area contributed by atoms with Gasteiger partial charge < -0.3 is 4.57 Å². The van der Waals surface area contributed by atoms with Gasteiger partial charge in [-0.05, 0) is 42.8 Å². The van der Waals surface area contributed by atoms with Gasteiger partial charge in [-0.15, -0.1) is 10.2 Å². The first-order valence-corrected chi connectivity index (χ1v) is 7.43. The lowest BCUT2D eigenvalue weighted by Crippen LogP contribution is -2.02. The third-order valence-corrected chi connectivity index (χ3v) is 4.27. The largest absolute Gasteiger partial charge is 0.306 e. The van der Waals surface area contributed by atoms with Crippen LogP contribution in [0.15, 0.2) is 28.3 Å². The zero-order valence-electron chi connectivity index (χ0n) is 10.9. The summed E-state index contributed by atoms with van der Waals surface area (Å²) in [5.74, 6) is 0.588. The summed E-state index contributed by atoms with van der Waals surface area (Å²) in [6, 6.07) is 4.30. The molecule has 0 saturated heterocycles. The van der Waals surface area contributed by atoms with Crippen molar-refractivity contribution in [2.24, 2.45) is 0 Å². The number of nitrogens with zero attached hydrogens (tertiary/aromatic N) is 3. The van der Waals surface area contributed by atoms with Crippen molar-refractivity contribution in [1.29, 1.82) is 0 Å². The predicted octanol–water partition coefficient (Wildman–Crippen LogP) is 3.11. The number of aldehydes is 1. The van der Waals surface area contributed by atoms with Gasteiger partial charge in [0, 0.05) is 23.4 Å². The number of hydrogen-bond acceptors (Lipinski definition) is 4. The summed E-state index contributed by atoms with van der Waals surface area (Å²) in [7, 11) is 0. The second-order valence-electron chi connectivity index (χ2n) is 4.80. The van der Waals surface area contributed by atoms with Crippen LogP contribution in [0.25, 0.3) is 0 Å². The molecular weight excluding hydrogens is 277 g/mol. The van der Waals surface area contributed by atoms with Gasteiger partial charge in [0.15, 0.2) is 5.16 Å². The Kier molecular flexibility index (Phi) is 3.82. The highest BCUT2D eigenvalue weighted by Crippen LogP contribution is 2.29. The van der Waals surface area contributed by atoms with Crippen molar-refractivity contribution in [2.75, 3.05) is 0 Å². The van der Waals surface area contributed by atoms with Crippen molar-refractivity contribution in [2.45, 2.75) is 42.3 Å². The van der Waals surface area contributed by atoms with Crippen LogP contribution in [0.3, 0.4) is 0 Å². The van der Waals surface area contributed by atoms with Crippen LogP contribution in [-0.4, -0.2) is 21.1 Å². The lowest BCUT2D eigenvalue weighted by molar-refractivity contribution is 0.112. The Hall–Kier alpha value is -1.69. The maximum absolute atomic E-state index is 13.4. The molecule has 104 valence electrons. The fourth-order valence-corrected chi connectivity index (χ4v) is 3.32. The van der Waals surface area contributed by atoms with E-state index in [-0.39, 0.29) is 0 Å². The first kappa shape index (κ1) is 13.3. The summed E-state index contributed by atoms with van der Waals surface area (Å²) >= 11 is 1.35. The Morgan fingerprint density at radius 1 is 1.20 bits per heavy atom. The molecule has 1 aliphatic heterocycles. The average Bonchev–Trinajstić information content (AvgIpc) is 2.67. The van der Waals surface area contributed by atoms with E-state index in [0.717, 1.165) is 36.8 Å². The molecule has 0 amide bonds. The van der Waals surface area contributed by atoms with Crippen LogP contribution >= 0.6 is 11.8 Å². The van der Waals surface area contributed by atoms with E-state index >= 15 is 0 Å². The number of rotatable bonds is 3. The van der Waals surface area contributed by atoms with Crippen LogP contribution in [-0.2, 0) is 13.0 Å². The standard InChI is InChI=1S/C14H14FN3OS/c15-11-6-10(9-19)7-12(8-11)20-14-17-16-13-4-2-1-3-5-18(13)14/h6-9H,1-5H2. The summed E-state index contributed by atoms with van der Waals surface area (Å²) in [6.45, 7) is 0.903. The summed E-state index contributed by atoms with van der Waals surface area (Å²) in [6.07, 6.45) is 5.04. The van der Waals surface area contributed by atoms with Crippen molar-refractivity contribution < 1.29 is 9.18 Å². The molecule has 0 saturated carbocycles. The number of aromatic nitrogens is 3. The number of fused-ring (bicyclic) bond motifs is 1. The summed E-state index contributed by atoms with van der Waals surface area (Å²) < 4.78 is 15.5. The van der Waals surface area contributed by atoms with Gasteiger partial charge in [-0.25, -0.2) is 4.39 Å². The molecule has 0 atom stereocenters. The Labute approximate surface area is 120 Å². The maximum Gasteiger partial charge on any atom is 0.196 e. The minimum absolute atomic E-state index is 0.336. The average molecular weight is 291 g/mol. The molecule has 1 aliphatic rings. The van der Waals surface area contributed by atoms with Gasteiger partial charge in [0.05, 0.1) is 0 Å². The molecule has 0 bridgehead atoms. The van der Waals surface area contributed by atoms with Gasteiger partial charge in [0.25, 0.3) is 0 Å². The molecule has 20 heavy (non-hydrogen) atoms. The van der Waals surface area contributed by atoms with E-state index in [9.17, 15) is 9.18 Å². The first-order chi connectivity index (χ1) is 9.76. The molecule has 1 aromatic carbocycles. The summed E-state index contributed by atoms with van der Waals surface area (Å²) in [5, 5.41) is 9.16. The van der Waals surface area contributed by atoms with Gasteiger partial charge in [-0.3, -0.25) is 4.79 Å². The van der Waals surface area contributed by atoms with Gasteiger partial charge >= 0.3 is 0 Å². The zero-order valence-corrected chi connectivity index (χ0v) is 11.7. The quantitative estimate of drug-likeness (QED) is 0.815. The fraction of sp³-hybridized carbons (Fsp3) is 0.357. The highest BCUT2D eigenvalue weighted by atomic mass is 32.2. The van der Waals surface area contributed by atoms with Crippen molar-refractivity contribution in [3.63, 3.8) is 0 Å². The maximum atomic E-state index is 13.4. The van der Waals surface area contributed by atoms with Gasteiger partial charge in [-0.1, -0.05) is 6.42 Å². The molecule has 0 radical (unpaired) electrons. The molecule has 0 N–H and O–H groups in total. The Morgan fingerprint density at radius 2 is 2.10 bits per heavy atom. The van der Waals surface area contributed by atoms with Crippen LogP contribution in [0.1, 0.15) is 35.4 Å². The molecule has 2 aromatic rings. The number of benzene rings is 1. The second kappa shape index (κ2) is 5.75. The van der Waals surface area contributed by atoms with E-state index < -0.39 is 5.82 Å². The molecule has 3 rings (SSSR count). The van der Waals surface area contributed by atoms with Crippen LogP contribution in [0.2, 0.25) is 0 Å². The second-order valence-corrected chi connectivity index (χ2v) is 5.84. The zero-order chi connectivity index (χ0) is 13.9. The molecular formula is C14H14FN3OS. The van der Waals surface area contributed by atoms with E-state index in [1.807, 2.05) is 0 Å². The highest BCUT2D eigenvalue weighted by Gasteiger charge is 2.16. The van der Waals surface area contributed by atoms with E-state index in [0.29, 0.717) is 16.7 Å². The van der Waals surface area contributed by atoms with E-state index in [2.05, 4.69) is 14.8 Å². The SMILES string of the molecule is O=Cc1cc(F)cc(Sc2nnc3n2CCCCC3)c1. The lowest BCUT2D eigenvalue weighted by Gasteiger charge is -2.06. The van der Waals surface area contributed by atoms with Gasteiger partial charge in [0.2, 0.25) is 0 Å². The molecule has 6 heteroatoms. The van der Waals surface area contributed by atoms with Crippen molar-refractivity contribution in [1.82, 2.24) is 14.8 Å². The first-order valence-electron chi connectivity index (χ1n) is 6.62. The minimum Gasteiger partial charge on any atom is -0.306 e. The summed E-state index contributed by atoms with van der Waals surface area (Å²) in [4.78, 5) is 11.5. The van der Waals surface area contributed by atoms with E-state index in [1.165, 1.54) is 30.3 Å². The topological polar surface area (TPSA) is 47.8 Å². The fourth-order valence-electron chi connectivity index (χ4n) is 2.35. The molecule has 0 fully saturated rings. The molecule has 1 aromatic heterocycles. The lowest BCUT2D eigenvalue weighted by atomic mass is 10.2. The number of carbonyl (C=O) groups excluding carboxylic acids is 1. The number of aryl methyl sites for hydroxylation is 1. The normalized spacial score (nSPS) is 14.7. The van der Waals surface area contributed by atoms with Gasteiger partial charge in [-0.2, -0.15) is 0 Å². The van der Waals surface area contributed by atoms with Crippen molar-refractivity contribution in [3.05, 3.63) is 35.4 Å². The highest BCUT2D eigenvalue weighted by molar-refractivity contribution is 7.99. The van der Waals surface area contributed by atoms with Crippen LogP contribution in [0.5, 0.6) is 0 Å². The summed E-state index contributed by atoms with van der Waals surface area (Å²) in [5.41, 5.74) is 0.336. The Morgan fingerprint density at radius 3 is 2.95 bits per heavy atom. The molecule has 0 unspecified atom stereocenters. The van der Waals surface area contributed by atoms with E-state index in [4.69, 9.17) is 0 Å². The smallest absolute Gasteiger partial charge is 0.196 e. The van der Waals surface area contributed by atoms with Crippen molar-refractivity contribution >= 4 is 18.0 Å². The predicted molar refractivity (Wildman–Crippen MR) is 73.5 cm³/mol. The number of hydrogen-bond donors (Lipinski definition) is 0. The molecule has 0 spiro atoms. The van der Waals surface area contributed by atoms with E-state index in [1.54, 1.807) is 6.07 Å². The third kappa shape index (κ3) is 2.75. The van der Waals surface area contributed by atoms with Crippen molar-refractivity contribution in [3.8, 4) is 0 Å². The number of carbonyl (C=O) groups is 1. The third-order valence-electron chi connectivity index (χ3n) is 3.31. The van der Waals surface area contributed by atoms with Crippen LogP contribution in [0.4, 0.5) is 4.39 Å².